The molecule has 0 aromatic heterocycles. The van der Waals surface area contributed by atoms with Gasteiger partial charge in [0.25, 0.3) is 0 Å². The van der Waals surface area contributed by atoms with Crippen molar-refractivity contribution in [2.45, 2.75) is 65.1 Å². The number of hydrogen-bond acceptors (Lipinski definition) is 4. The molecule has 0 spiro atoms. The molecular weight excluding hydrogens is 496 g/mol. The van der Waals surface area contributed by atoms with E-state index in [1.807, 2.05) is 6.07 Å². The maximum absolute atomic E-state index is 9.71. The van der Waals surface area contributed by atoms with Crippen LogP contribution in [0, 0.1) is 0 Å². The van der Waals surface area contributed by atoms with E-state index in [-0.39, 0.29) is 12.9 Å². The Hall–Kier alpha value is -3.18. The number of fused-ring (bicyclic) bond motifs is 1. The van der Waals surface area contributed by atoms with E-state index in [2.05, 4.69) is 80.6 Å². The van der Waals surface area contributed by atoms with Crippen LogP contribution in [0.4, 0.5) is 0 Å². The Morgan fingerprint density at radius 1 is 0.775 bits per heavy atom. The lowest BCUT2D eigenvalue weighted by Gasteiger charge is -2.22. The monoisotopic (exact) mass is 538 g/mol. The lowest BCUT2D eigenvalue weighted by molar-refractivity contribution is -0.165. The van der Waals surface area contributed by atoms with Crippen molar-refractivity contribution >= 4 is 10.8 Å². The van der Waals surface area contributed by atoms with E-state index in [0.29, 0.717) is 19.6 Å². The standard InChI is InChI=1S/C36H42O4/c1-3-7-26-9-10-29-24-32(12-11-28(29)22-26)34-15-13-30(23-27(34)4-2)31-14-16-35(33(25-31)17-18-37)38-20-21-40-36-8-5-6-19-39-36/h9-16,22-25,36-37H,3-8,17-21H2,1-2H3. The van der Waals surface area contributed by atoms with E-state index < -0.39 is 0 Å². The van der Waals surface area contributed by atoms with E-state index in [0.717, 1.165) is 62.0 Å². The van der Waals surface area contributed by atoms with Crippen molar-refractivity contribution in [2.24, 2.45) is 0 Å². The third kappa shape index (κ3) is 6.93. The molecule has 4 nitrogen and oxygen atoms in total. The summed E-state index contributed by atoms with van der Waals surface area (Å²) in [7, 11) is 0. The number of aryl methyl sites for hydroxylation is 2. The summed E-state index contributed by atoms with van der Waals surface area (Å²) in [6.07, 6.45) is 6.88. The van der Waals surface area contributed by atoms with E-state index in [4.69, 9.17) is 14.2 Å². The van der Waals surface area contributed by atoms with Gasteiger partial charge in [0.15, 0.2) is 6.29 Å². The minimum Gasteiger partial charge on any atom is -0.491 e. The molecular formula is C36H42O4. The normalized spacial score (nSPS) is 15.4. The van der Waals surface area contributed by atoms with E-state index >= 15 is 0 Å². The predicted octanol–water partition coefficient (Wildman–Crippen LogP) is 8.15. The molecule has 0 amide bonds. The zero-order valence-corrected chi connectivity index (χ0v) is 24.0. The molecule has 1 aliphatic rings. The zero-order chi connectivity index (χ0) is 27.7. The van der Waals surface area contributed by atoms with Gasteiger partial charge in [-0.1, -0.05) is 74.9 Å². The predicted molar refractivity (Wildman–Crippen MR) is 164 cm³/mol. The first-order valence-electron chi connectivity index (χ1n) is 14.9. The second kappa shape index (κ2) is 13.9. The summed E-state index contributed by atoms with van der Waals surface area (Å²) in [5.74, 6) is 0.802. The van der Waals surface area contributed by atoms with Gasteiger partial charge >= 0.3 is 0 Å². The molecule has 1 heterocycles. The summed E-state index contributed by atoms with van der Waals surface area (Å²) < 4.78 is 17.5. The fourth-order valence-electron chi connectivity index (χ4n) is 5.64. The SMILES string of the molecule is CCCc1ccc2cc(-c3ccc(-c4ccc(OCCOC5CCCCO5)c(CCO)c4)cc3CC)ccc2c1. The molecule has 1 atom stereocenters. The third-order valence-corrected chi connectivity index (χ3v) is 7.80. The van der Waals surface area contributed by atoms with Crippen molar-refractivity contribution in [1.29, 1.82) is 0 Å². The van der Waals surface area contributed by atoms with Gasteiger partial charge in [0.05, 0.1) is 6.61 Å². The summed E-state index contributed by atoms with van der Waals surface area (Å²) in [6.45, 7) is 6.24. The number of aliphatic hydroxyl groups excluding tert-OH is 1. The highest BCUT2D eigenvalue weighted by Gasteiger charge is 2.14. The summed E-state index contributed by atoms with van der Waals surface area (Å²) in [5, 5.41) is 12.3. The van der Waals surface area contributed by atoms with Gasteiger partial charge in [-0.05, 0) is 106 Å². The van der Waals surface area contributed by atoms with Crippen LogP contribution in [-0.2, 0) is 28.7 Å². The molecule has 1 unspecified atom stereocenters. The molecule has 4 aromatic carbocycles. The first kappa shape index (κ1) is 28.4. The number of benzene rings is 4. The van der Waals surface area contributed by atoms with E-state index in [1.54, 1.807) is 0 Å². The van der Waals surface area contributed by atoms with Crippen LogP contribution in [0.25, 0.3) is 33.0 Å². The van der Waals surface area contributed by atoms with Crippen LogP contribution in [-0.4, -0.2) is 37.8 Å². The average Bonchev–Trinajstić information content (AvgIpc) is 3.00. The van der Waals surface area contributed by atoms with Gasteiger partial charge in [0, 0.05) is 13.2 Å². The Morgan fingerprint density at radius 2 is 1.55 bits per heavy atom. The smallest absolute Gasteiger partial charge is 0.157 e. The molecule has 4 heteroatoms. The van der Waals surface area contributed by atoms with Gasteiger partial charge in [-0.2, -0.15) is 0 Å². The topological polar surface area (TPSA) is 47.9 Å². The van der Waals surface area contributed by atoms with Crippen molar-refractivity contribution in [3.05, 3.63) is 89.5 Å². The lowest BCUT2D eigenvalue weighted by atomic mass is 9.91. The second-order valence-corrected chi connectivity index (χ2v) is 10.7. The summed E-state index contributed by atoms with van der Waals surface area (Å²) in [4.78, 5) is 0. The van der Waals surface area contributed by atoms with E-state index in [9.17, 15) is 5.11 Å². The van der Waals surface area contributed by atoms with Crippen LogP contribution in [0.5, 0.6) is 5.75 Å². The number of aliphatic hydroxyl groups is 1. The number of rotatable bonds is 12. The fraction of sp³-hybridized carbons (Fsp3) is 0.389. The van der Waals surface area contributed by atoms with Crippen LogP contribution in [0.1, 0.15) is 56.2 Å². The first-order chi connectivity index (χ1) is 19.7. The summed E-state index contributed by atoms with van der Waals surface area (Å²) in [6, 6.07) is 26.7. The Bertz CT molecular complexity index is 1400. The molecule has 40 heavy (non-hydrogen) atoms. The minimum atomic E-state index is -0.111. The van der Waals surface area contributed by atoms with Crippen molar-refractivity contribution in [3.8, 4) is 28.0 Å². The largest absolute Gasteiger partial charge is 0.491 e. The summed E-state index contributed by atoms with van der Waals surface area (Å²) >= 11 is 0. The van der Waals surface area contributed by atoms with E-state index in [1.165, 1.54) is 38.6 Å². The molecule has 5 rings (SSSR count). The maximum atomic E-state index is 9.71. The molecule has 1 saturated heterocycles. The lowest BCUT2D eigenvalue weighted by Crippen LogP contribution is -2.24. The van der Waals surface area contributed by atoms with Gasteiger partial charge in [-0.3, -0.25) is 0 Å². The van der Waals surface area contributed by atoms with Gasteiger partial charge in [0.1, 0.15) is 12.4 Å². The van der Waals surface area contributed by atoms with Gasteiger partial charge in [-0.25, -0.2) is 0 Å². The van der Waals surface area contributed by atoms with Gasteiger partial charge in [0.2, 0.25) is 0 Å². The Labute approximate surface area is 238 Å². The van der Waals surface area contributed by atoms with Gasteiger partial charge in [-0.15, -0.1) is 0 Å². The Morgan fingerprint density at radius 3 is 2.33 bits per heavy atom. The van der Waals surface area contributed by atoms with Gasteiger partial charge < -0.3 is 19.3 Å². The minimum absolute atomic E-state index is 0.0767. The number of hydrogen-bond donors (Lipinski definition) is 1. The fourth-order valence-corrected chi connectivity index (χ4v) is 5.64. The van der Waals surface area contributed by atoms with Crippen molar-refractivity contribution in [1.82, 2.24) is 0 Å². The van der Waals surface area contributed by atoms with Crippen molar-refractivity contribution < 1.29 is 19.3 Å². The molecule has 4 aromatic rings. The molecule has 0 aliphatic carbocycles. The molecule has 0 radical (unpaired) electrons. The molecule has 1 fully saturated rings. The third-order valence-electron chi connectivity index (χ3n) is 7.80. The first-order valence-corrected chi connectivity index (χ1v) is 14.9. The van der Waals surface area contributed by atoms with Crippen LogP contribution in [0.2, 0.25) is 0 Å². The molecule has 1 aliphatic heterocycles. The molecule has 210 valence electrons. The molecule has 0 saturated carbocycles. The maximum Gasteiger partial charge on any atom is 0.157 e. The Kier molecular flexibility index (Phi) is 9.88. The second-order valence-electron chi connectivity index (χ2n) is 10.7. The van der Waals surface area contributed by atoms with Crippen molar-refractivity contribution in [2.75, 3.05) is 26.4 Å². The molecule has 1 N–H and O–H groups in total. The quantitative estimate of drug-likeness (QED) is 0.185. The zero-order valence-electron chi connectivity index (χ0n) is 24.0. The average molecular weight is 539 g/mol. The van der Waals surface area contributed by atoms with Crippen molar-refractivity contribution in [3.63, 3.8) is 0 Å². The Balaban J connectivity index is 1.32. The van der Waals surface area contributed by atoms with Crippen LogP contribution >= 0.6 is 0 Å². The highest BCUT2D eigenvalue weighted by molar-refractivity contribution is 5.88. The van der Waals surface area contributed by atoms with Crippen LogP contribution in [0.3, 0.4) is 0 Å². The highest BCUT2D eigenvalue weighted by Crippen LogP contribution is 2.33. The summed E-state index contributed by atoms with van der Waals surface area (Å²) in [5.41, 5.74) is 8.58. The van der Waals surface area contributed by atoms with Crippen LogP contribution < -0.4 is 4.74 Å². The highest BCUT2D eigenvalue weighted by atomic mass is 16.7. The molecule has 0 bridgehead atoms. The number of ether oxygens (including phenoxy) is 3. The van der Waals surface area contributed by atoms with Crippen LogP contribution in [0.15, 0.2) is 72.8 Å².